The molecule has 1 saturated carbocycles. The molecule has 1 aromatic heterocycles. The van der Waals surface area contributed by atoms with Crippen LogP contribution in [-0.4, -0.2) is 4.98 Å². The first-order valence-corrected chi connectivity index (χ1v) is 6.45. The van der Waals surface area contributed by atoms with Gasteiger partial charge in [-0.25, -0.2) is 4.98 Å². The van der Waals surface area contributed by atoms with Crippen molar-refractivity contribution in [2.24, 2.45) is 0 Å². The molecule has 1 heterocycles. The first-order valence-electron chi connectivity index (χ1n) is 4.84. The van der Waals surface area contributed by atoms with Gasteiger partial charge in [-0.3, -0.25) is 0 Å². The van der Waals surface area contributed by atoms with E-state index in [-0.39, 0.29) is 0 Å². The zero-order valence-corrected chi connectivity index (χ0v) is 10.4. The quantitative estimate of drug-likeness (QED) is 0.772. The molecule has 0 atom stereocenters. The number of hydrogen-bond donors (Lipinski definition) is 0. The molecule has 1 nitrogen and oxygen atoms in total. The lowest BCUT2D eigenvalue weighted by Crippen LogP contribution is -2.11. The third-order valence-electron chi connectivity index (χ3n) is 2.67. The van der Waals surface area contributed by atoms with E-state index in [2.05, 4.69) is 34.8 Å². The van der Waals surface area contributed by atoms with Crippen LogP contribution in [0.25, 0.3) is 0 Å². The summed E-state index contributed by atoms with van der Waals surface area (Å²) in [6, 6.07) is 0. The van der Waals surface area contributed by atoms with E-state index in [1.54, 1.807) is 11.3 Å². The molecular formula is C10H14BrNS. The summed E-state index contributed by atoms with van der Waals surface area (Å²) in [6.07, 6.45) is 4.07. The molecule has 0 unspecified atom stereocenters. The fourth-order valence-electron chi connectivity index (χ4n) is 1.70. The lowest BCUT2D eigenvalue weighted by Gasteiger charge is -2.25. The van der Waals surface area contributed by atoms with Gasteiger partial charge in [0.2, 0.25) is 0 Å². The molecule has 1 aliphatic carbocycles. The average molecular weight is 260 g/mol. The largest absolute Gasteiger partial charge is 0.234 e. The van der Waals surface area contributed by atoms with Gasteiger partial charge < -0.3 is 0 Å². The van der Waals surface area contributed by atoms with Crippen LogP contribution in [0.3, 0.4) is 0 Å². The second-order valence-electron chi connectivity index (χ2n) is 4.00. The molecule has 0 bridgehead atoms. The number of hydrogen-bond acceptors (Lipinski definition) is 2. The topological polar surface area (TPSA) is 12.9 Å². The highest BCUT2D eigenvalue weighted by Gasteiger charge is 2.26. The van der Waals surface area contributed by atoms with Crippen LogP contribution in [0.2, 0.25) is 0 Å². The molecule has 3 heteroatoms. The van der Waals surface area contributed by atoms with E-state index in [0.717, 1.165) is 9.83 Å². The van der Waals surface area contributed by atoms with Crippen LogP contribution in [0.4, 0.5) is 0 Å². The summed E-state index contributed by atoms with van der Waals surface area (Å²) in [5.74, 6) is 1.39. The van der Waals surface area contributed by atoms with Crippen molar-refractivity contribution in [3.8, 4) is 0 Å². The van der Waals surface area contributed by atoms with Crippen molar-refractivity contribution in [2.75, 3.05) is 0 Å². The zero-order valence-electron chi connectivity index (χ0n) is 8.01. The number of nitrogens with zero attached hydrogens (tertiary/aromatic N) is 1. The Labute approximate surface area is 91.7 Å². The summed E-state index contributed by atoms with van der Waals surface area (Å²) in [4.78, 5) is 6.07. The summed E-state index contributed by atoms with van der Waals surface area (Å²) in [5.41, 5.74) is 1.37. The number of halogens is 1. The Hall–Kier alpha value is 0.110. The average Bonchev–Trinajstić information content (AvgIpc) is 2.27. The third-order valence-corrected chi connectivity index (χ3v) is 4.49. The molecule has 1 aromatic rings. The van der Waals surface area contributed by atoms with Crippen LogP contribution < -0.4 is 0 Å². The van der Waals surface area contributed by atoms with Gasteiger partial charge in [-0.15, -0.1) is 11.3 Å². The fraction of sp³-hybridized carbons (Fsp3) is 0.700. The second kappa shape index (κ2) is 3.70. The van der Waals surface area contributed by atoms with E-state index in [1.807, 2.05) is 0 Å². The highest BCUT2D eigenvalue weighted by atomic mass is 79.9. The summed E-state index contributed by atoms with van der Waals surface area (Å²) in [5, 5.41) is 0. The van der Waals surface area contributed by atoms with Crippen LogP contribution >= 0.6 is 27.3 Å². The van der Waals surface area contributed by atoms with Gasteiger partial charge in [-0.2, -0.15) is 0 Å². The maximum atomic E-state index is 4.59. The van der Waals surface area contributed by atoms with Crippen LogP contribution in [0, 0.1) is 0 Å². The number of rotatable bonds is 2. The minimum atomic E-state index is 0.624. The summed E-state index contributed by atoms with van der Waals surface area (Å²) < 4.78 is 1.05. The van der Waals surface area contributed by atoms with Gasteiger partial charge in [-0.1, -0.05) is 20.3 Å². The van der Waals surface area contributed by atoms with Gasteiger partial charge in [0.05, 0.1) is 5.69 Å². The molecule has 72 valence electrons. The van der Waals surface area contributed by atoms with Crippen LogP contribution in [0.15, 0.2) is 3.92 Å². The van der Waals surface area contributed by atoms with Crippen molar-refractivity contribution >= 4 is 27.3 Å². The normalized spacial score (nSPS) is 17.8. The molecule has 2 rings (SSSR count). The molecule has 0 aliphatic heterocycles. The highest BCUT2D eigenvalue weighted by molar-refractivity contribution is 9.11. The first kappa shape index (κ1) is 9.66. The van der Waals surface area contributed by atoms with E-state index in [4.69, 9.17) is 0 Å². The standard InChI is InChI=1S/C10H14BrNS/c1-6(2)9-8(7-4-3-5-7)12-10(11)13-9/h6-7H,3-5H2,1-2H3. The predicted molar refractivity (Wildman–Crippen MR) is 60.5 cm³/mol. The van der Waals surface area contributed by atoms with Gasteiger partial charge in [0.1, 0.15) is 0 Å². The summed E-state index contributed by atoms with van der Waals surface area (Å²) in [7, 11) is 0. The van der Waals surface area contributed by atoms with Crippen LogP contribution in [0.5, 0.6) is 0 Å². The molecule has 0 radical (unpaired) electrons. The zero-order chi connectivity index (χ0) is 9.42. The van der Waals surface area contributed by atoms with Gasteiger partial charge in [-0.05, 0) is 34.7 Å². The molecule has 1 aliphatic rings. The van der Waals surface area contributed by atoms with Crippen molar-refractivity contribution in [2.45, 2.75) is 44.9 Å². The minimum absolute atomic E-state index is 0.624. The third kappa shape index (κ3) is 1.82. The molecule has 1 fully saturated rings. The van der Waals surface area contributed by atoms with E-state index in [0.29, 0.717) is 5.92 Å². The van der Waals surface area contributed by atoms with Crippen molar-refractivity contribution in [1.29, 1.82) is 0 Å². The molecule has 0 amide bonds. The number of thiazole rings is 1. The molecule has 0 spiro atoms. The lowest BCUT2D eigenvalue weighted by atomic mass is 9.81. The van der Waals surface area contributed by atoms with E-state index in [9.17, 15) is 0 Å². The summed E-state index contributed by atoms with van der Waals surface area (Å²) >= 11 is 5.29. The molecular weight excluding hydrogens is 246 g/mol. The van der Waals surface area contributed by atoms with Crippen molar-refractivity contribution in [1.82, 2.24) is 4.98 Å². The minimum Gasteiger partial charge on any atom is -0.234 e. The molecule has 0 N–H and O–H groups in total. The molecule has 13 heavy (non-hydrogen) atoms. The maximum Gasteiger partial charge on any atom is 0.159 e. The highest BCUT2D eigenvalue weighted by Crippen LogP contribution is 2.42. The van der Waals surface area contributed by atoms with Crippen LogP contribution in [-0.2, 0) is 0 Å². The Balaban J connectivity index is 2.31. The van der Waals surface area contributed by atoms with Crippen molar-refractivity contribution in [3.05, 3.63) is 14.5 Å². The van der Waals surface area contributed by atoms with E-state index in [1.165, 1.54) is 29.8 Å². The number of aromatic nitrogens is 1. The predicted octanol–water partition coefficient (Wildman–Crippen LogP) is 4.30. The van der Waals surface area contributed by atoms with Gasteiger partial charge in [0, 0.05) is 10.8 Å². The monoisotopic (exact) mass is 259 g/mol. The Bertz CT molecular complexity index is 302. The van der Waals surface area contributed by atoms with Gasteiger partial charge >= 0.3 is 0 Å². The lowest BCUT2D eigenvalue weighted by molar-refractivity contribution is 0.409. The molecule has 0 aromatic carbocycles. The Morgan fingerprint density at radius 2 is 2.15 bits per heavy atom. The summed E-state index contributed by atoms with van der Waals surface area (Å²) in [6.45, 7) is 4.50. The Morgan fingerprint density at radius 1 is 1.46 bits per heavy atom. The fourth-order valence-corrected chi connectivity index (χ4v) is 3.30. The van der Waals surface area contributed by atoms with Crippen molar-refractivity contribution < 1.29 is 0 Å². The second-order valence-corrected chi connectivity index (χ2v) is 6.31. The molecule has 0 saturated heterocycles. The SMILES string of the molecule is CC(C)c1sc(Br)nc1C1CCC1. The first-order chi connectivity index (χ1) is 6.18. The Kier molecular flexibility index (Phi) is 2.75. The van der Waals surface area contributed by atoms with Crippen LogP contribution in [0.1, 0.15) is 55.5 Å². The Morgan fingerprint density at radius 3 is 2.62 bits per heavy atom. The van der Waals surface area contributed by atoms with Gasteiger partial charge in [0.25, 0.3) is 0 Å². The van der Waals surface area contributed by atoms with Crippen molar-refractivity contribution in [3.63, 3.8) is 0 Å². The maximum absolute atomic E-state index is 4.59. The smallest absolute Gasteiger partial charge is 0.159 e. The van der Waals surface area contributed by atoms with Gasteiger partial charge in [0.15, 0.2) is 3.92 Å². The van der Waals surface area contributed by atoms with E-state index >= 15 is 0 Å². The van der Waals surface area contributed by atoms with E-state index < -0.39 is 0 Å².